The van der Waals surface area contributed by atoms with Crippen LogP contribution in [-0.2, 0) is 10.8 Å². The van der Waals surface area contributed by atoms with Crippen molar-refractivity contribution in [2.24, 2.45) is 0 Å². The van der Waals surface area contributed by atoms with Crippen LogP contribution >= 0.6 is 11.6 Å². The van der Waals surface area contributed by atoms with Gasteiger partial charge in [-0.3, -0.25) is 4.21 Å². The van der Waals surface area contributed by atoms with Gasteiger partial charge in [-0.15, -0.1) is 5.10 Å². The number of aromatic nitrogens is 4. The minimum absolute atomic E-state index is 0.163. The molecule has 2 aromatic rings. The Kier molecular flexibility index (Phi) is 3.71. The summed E-state index contributed by atoms with van der Waals surface area (Å²) >= 11 is 6.02. The number of tetrazole rings is 1. The fraction of sp³-hybridized carbons (Fsp3) is 0.417. The Morgan fingerprint density at radius 1 is 1.35 bits per heavy atom. The van der Waals surface area contributed by atoms with Crippen molar-refractivity contribution < 1.29 is 4.21 Å². The standard InChI is InChI=1S/C12H14ClN5OS/c13-8-1-2-11(14)10(7-8)12-15-16-17-18(12)9-3-5-20(19)6-4-9/h1-2,7,9H,3-6,14H2. The SMILES string of the molecule is Nc1ccc(Cl)cc1-c1nnnn1C1CCS(=O)CC1. The molecule has 2 heterocycles. The van der Waals surface area contributed by atoms with Gasteiger partial charge < -0.3 is 5.73 Å². The molecule has 1 aromatic heterocycles. The average Bonchev–Trinajstić information content (AvgIpc) is 2.91. The lowest BCUT2D eigenvalue weighted by atomic mass is 10.1. The zero-order chi connectivity index (χ0) is 14.1. The predicted octanol–water partition coefficient (Wildman–Crippen LogP) is 1.66. The molecule has 0 bridgehead atoms. The van der Waals surface area contributed by atoms with Crippen LogP contribution in [0.2, 0.25) is 5.02 Å². The number of halogens is 1. The van der Waals surface area contributed by atoms with E-state index in [9.17, 15) is 4.21 Å². The van der Waals surface area contributed by atoms with Gasteiger partial charge >= 0.3 is 0 Å². The van der Waals surface area contributed by atoms with Crippen LogP contribution < -0.4 is 5.73 Å². The van der Waals surface area contributed by atoms with Crippen molar-refractivity contribution in [1.29, 1.82) is 0 Å². The highest BCUT2D eigenvalue weighted by molar-refractivity contribution is 7.85. The van der Waals surface area contributed by atoms with E-state index < -0.39 is 10.8 Å². The molecule has 3 rings (SSSR count). The average molecular weight is 312 g/mol. The van der Waals surface area contributed by atoms with Gasteiger partial charge in [-0.25, -0.2) is 4.68 Å². The van der Waals surface area contributed by atoms with E-state index in [4.69, 9.17) is 17.3 Å². The molecule has 1 aliphatic rings. The van der Waals surface area contributed by atoms with Crippen LogP contribution in [0.1, 0.15) is 18.9 Å². The van der Waals surface area contributed by atoms with Crippen molar-refractivity contribution in [3.8, 4) is 11.4 Å². The molecule has 0 unspecified atom stereocenters. The van der Waals surface area contributed by atoms with Gasteiger partial charge in [0.2, 0.25) is 0 Å². The molecule has 0 saturated carbocycles. The molecule has 0 radical (unpaired) electrons. The predicted molar refractivity (Wildman–Crippen MR) is 78.8 cm³/mol. The molecule has 0 atom stereocenters. The summed E-state index contributed by atoms with van der Waals surface area (Å²) in [6.45, 7) is 0. The van der Waals surface area contributed by atoms with Crippen molar-refractivity contribution >= 4 is 28.1 Å². The van der Waals surface area contributed by atoms with Crippen LogP contribution in [0.25, 0.3) is 11.4 Å². The highest BCUT2D eigenvalue weighted by Gasteiger charge is 2.24. The summed E-state index contributed by atoms with van der Waals surface area (Å²) in [7, 11) is -0.709. The summed E-state index contributed by atoms with van der Waals surface area (Å²) in [5.74, 6) is 1.99. The fourth-order valence-electron chi connectivity index (χ4n) is 2.36. The molecule has 0 amide bonds. The maximum atomic E-state index is 11.4. The summed E-state index contributed by atoms with van der Waals surface area (Å²) in [5, 5.41) is 12.5. The number of benzene rings is 1. The third kappa shape index (κ3) is 2.55. The summed E-state index contributed by atoms with van der Waals surface area (Å²) < 4.78 is 13.2. The van der Waals surface area contributed by atoms with E-state index in [0.29, 0.717) is 28.0 Å². The van der Waals surface area contributed by atoms with Crippen molar-refractivity contribution in [1.82, 2.24) is 20.2 Å². The molecule has 2 N–H and O–H groups in total. The molecule has 0 aliphatic carbocycles. The van der Waals surface area contributed by atoms with Crippen molar-refractivity contribution in [3.63, 3.8) is 0 Å². The van der Waals surface area contributed by atoms with Crippen molar-refractivity contribution in [2.75, 3.05) is 17.2 Å². The molecular formula is C12H14ClN5OS. The van der Waals surface area contributed by atoms with E-state index in [1.54, 1.807) is 22.9 Å². The maximum Gasteiger partial charge on any atom is 0.184 e. The van der Waals surface area contributed by atoms with Crippen LogP contribution in [0, 0.1) is 0 Å². The highest BCUT2D eigenvalue weighted by atomic mass is 35.5. The second-order valence-electron chi connectivity index (χ2n) is 4.76. The third-order valence-electron chi connectivity index (χ3n) is 3.45. The molecule has 106 valence electrons. The number of hydrogen-bond acceptors (Lipinski definition) is 5. The Morgan fingerprint density at radius 3 is 2.85 bits per heavy atom. The highest BCUT2D eigenvalue weighted by Crippen LogP contribution is 2.31. The number of hydrogen-bond donors (Lipinski definition) is 1. The first-order chi connectivity index (χ1) is 9.65. The molecule has 0 spiro atoms. The lowest BCUT2D eigenvalue weighted by Crippen LogP contribution is -2.23. The molecule has 20 heavy (non-hydrogen) atoms. The molecule has 8 heteroatoms. The summed E-state index contributed by atoms with van der Waals surface area (Å²) in [5.41, 5.74) is 7.30. The van der Waals surface area contributed by atoms with Gasteiger partial charge in [0.1, 0.15) is 0 Å². The number of rotatable bonds is 2. The smallest absolute Gasteiger partial charge is 0.184 e. The van der Waals surface area contributed by atoms with Gasteiger partial charge in [-0.1, -0.05) is 11.6 Å². The van der Waals surface area contributed by atoms with Crippen molar-refractivity contribution in [2.45, 2.75) is 18.9 Å². The Hall–Kier alpha value is -1.47. The summed E-state index contributed by atoms with van der Waals surface area (Å²) in [4.78, 5) is 0. The molecular weight excluding hydrogens is 298 g/mol. The summed E-state index contributed by atoms with van der Waals surface area (Å²) in [6, 6.07) is 5.40. The minimum atomic E-state index is -0.709. The fourth-order valence-corrected chi connectivity index (χ4v) is 3.81. The van der Waals surface area contributed by atoms with E-state index in [1.807, 2.05) is 0 Å². The number of nitrogens with zero attached hydrogens (tertiary/aromatic N) is 4. The molecule has 1 saturated heterocycles. The number of nitrogen functional groups attached to an aromatic ring is 1. The van der Waals surface area contributed by atoms with Crippen LogP contribution in [0.15, 0.2) is 18.2 Å². The minimum Gasteiger partial charge on any atom is -0.398 e. The normalized spacial score (nSPS) is 22.9. The van der Waals surface area contributed by atoms with E-state index in [2.05, 4.69) is 15.5 Å². The van der Waals surface area contributed by atoms with Gasteiger partial charge in [-0.2, -0.15) is 0 Å². The van der Waals surface area contributed by atoms with E-state index in [1.165, 1.54) is 0 Å². The zero-order valence-electron chi connectivity index (χ0n) is 10.7. The lowest BCUT2D eigenvalue weighted by molar-refractivity contribution is 0.415. The maximum absolute atomic E-state index is 11.4. The second-order valence-corrected chi connectivity index (χ2v) is 6.89. The van der Waals surface area contributed by atoms with Crippen LogP contribution in [0.3, 0.4) is 0 Å². The van der Waals surface area contributed by atoms with Gasteiger partial charge in [0.15, 0.2) is 5.82 Å². The van der Waals surface area contributed by atoms with Crippen molar-refractivity contribution in [3.05, 3.63) is 23.2 Å². The van der Waals surface area contributed by atoms with E-state index >= 15 is 0 Å². The van der Waals surface area contributed by atoms with Gasteiger partial charge in [0.25, 0.3) is 0 Å². The molecule has 6 nitrogen and oxygen atoms in total. The second kappa shape index (κ2) is 5.49. The lowest BCUT2D eigenvalue weighted by Gasteiger charge is -2.22. The van der Waals surface area contributed by atoms with Crippen LogP contribution in [0.4, 0.5) is 5.69 Å². The Morgan fingerprint density at radius 2 is 2.10 bits per heavy atom. The molecule has 1 aromatic carbocycles. The topological polar surface area (TPSA) is 86.7 Å². The monoisotopic (exact) mass is 311 g/mol. The van der Waals surface area contributed by atoms with E-state index in [-0.39, 0.29) is 6.04 Å². The quantitative estimate of drug-likeness (QED) is 0.852. The number of anilines is 1. The largest absolute Gasteiger partial charge is 0.398 e. The van der Waals surface area contributed by atoms with Crippen LogP contribution in [-0.4, -0.2) is 35.9 Å². The Labute approximate surface area is 123 Å². The number of nitrogens with two attached hydrogens (primary N) is 1. The first kappa shape index (κ1) is 13.5. The first-order valence-corrected chi connectivity index (χ1v) is 8.20. The summed E-state index contributed by atoms with van der Waals surface area (Å²) in [6.07, 6.45) is 1.62. The van der Waals surface area contributed by atoms with Gasteiger partial charge in [0, 0.05) is 38.6 Å². The third-order valence-corrected chi connectivity index (χ3v) is 5.07. The van der Waals surface area contributed by atoms with Gasteiger partial charge in [-0.05, 0) is 41.5 Å². The zero-order valence-corrected chi connectivity index (χ0v) is 12.3. The molecule has 1 aliphatic heterocycles. The van der Waals surface area contributed by atoms with Gasteiger partial charge in [0.05, 0.1) is 6.04 Å². The first-order valence-electron chi connectivity index (χ1n) is 6.33. The van der Waals surface area contributed by atoms with E-state index in [0.717, 1.165) is 18.4 Å². The molecule has 1 fully saturated rings. The Balaban J connectivity index is 1.97. The Bertz CT molecular complexity index is 649. The van der Waals surface area contributed by atoms with Crippen LogP contribution in [0.5, 0.6) is 0 Å².